The van der Waals surface area contributed by atoms with Gasteiger partial charge in [0.15, 0.2) is 0 Å². The molecule has 16 heavy (non-hydrogen) atoms. The molecule has 0 saturated heterocycles. The Labute approximate surface area is 105 Å². The van der Waals surface area contributed by atoms with Crippen molar-refractivity contribution in [2.45, 2.75) is 13.5 Å². The van der Waals surface area contributed by atoms with Crippen molar-refractivity contribution in [3.63, 3.8) is 0 Å². The van der Waals surface area contributed by atoms with Gasteiger partial charge in [0.1, 0.15) is 18.2 Å². The maximum absolute atomic E-state index is 13.0. The van der Waals surface area contributed by atoms with E-state index in [1.165, 1.54) is 12.1 Å². The highest BCUT2D eigenvalue weighted by atomic mass is 79.9. The Morgan fingerprint density at radius 2 is 2.25 bits per heavy atom. The Morgan fingerprint density at radius 1 is 1.44 bits per heavy atom. The van der Waals surface area contributed by atoms with Gasteiger partial charge in [-0.15, -0.1) is 11.3 Å². The van der Waals surface area contributed by atoms with Crippen molar-refractivity contribution < 1.29 is 9.13 Å². The molecule has 0 fully saturated rings. The maximum atomic E-state index is 13.0. The van der Waals surface area contributed by atoms with Crippen LogP contribution in [-0.4, -0.2) is 4.98 Å². The Balaban J connectivity index is 2.04. The van der Waals surface area contributed by atoms with Gasteiger partial charge >= 0.3 is 0 Å². The number of hydrogen-bond donors (Lipinski definition) is 0. The monoisotopic (exact) mass is 301 g/mol. The molecule has 0 amide bonds. The zero-order valence-corrected chi connectivity index (χ0v) is 10.9. The average Bonchev–Trinajstić information content (AvgIpc) is 2.60. The normalized spacial score (nSPS) is 10.4. The minimum absolute atomic E-state index is 0.315. The maximum Gasteiger partial charge on any atom is 0.128 e. The van der Waals surface area contributed by atoms with Crippen molar-refractivity contribution in [1.82, 2.24) is 4.98 Å². The van der Waals surface area contributed by atoms with Gasteiger partial charge in [-0.2, -0.15) is 0 Å². The summed E-state index contributed by atoms with van der Waals surface area (Å²) < 4.78 is 19.2. The third kappa shape index (κ3) is 3.02. The SMILES string of the molecule is Cc1ncc(COc2cc(F)cc(Br)c2)s1. The van der Waals surface area contributed by atoms with Crippen LogP contribution >= 0.6 is 27.3 Å². The molecule has 0 N–H and O–H groups in total. The van der Waals surface area contributed by atoms with Crippen LogP contribution in [0, 0.1) is 12.7 Å². The molecule has 1 aromatic heterocycles. The van der Waals surface area contributed by atoms with Crippen LogP contribution in [0.25, 0.3) is 0 Å². The quantitative estimate of drug-likeness (QED) is 0.857. The second-order valence-electron chi connectivity index (χ2n) is 3.24. The summed E-state index contributed by atoms with van der Waals surface area (Å²) in [5.74, 6) is 0.197. The first-order chi connectivity index (χ1) is 7.63. The van der Waals surface area contributed by atoms with E-state index in [-0.39, 0.29) is 5.82 Å². The highest BCUT2D eigenvalue weighted by Gasteiger charge is 2.02. The number of hydrogen-bond acceptors (Lipinski definition) is 3. The summed E-state index contributed by atoms with van der Waals surface area (Å²) >= 11 is 4.79. The van der Waals surface area contributed by atoms with E-state index >= 15 is 0 Å². The summed E-state index contributed by atoms with van der Waals surface area (Å²) in [4.78, 5) is 5.15. The largest absolute Gasteiger partial charge is 0.488 e. The van der Waals surface area contributed by atoms with E-state index < -0.39 is 0 Å². The van der Waals surface area contributed by atoms with Crippen LogP contribution in [0.5, 0.6) is 5.75 Å². The van der Waals surface area contributed by atoms with Gasteiger partial charge in [0, 0.05) is 16.7 Å². The van der Waals surface area contributed by atoms with Crippen molar-refractivity contribution in [3.8, 4) is 5.75 Å². The van der Waals surface area contributed by atoms with Gasteiger partial charge in [-0.05, 0) is 19.1 Å². The fourth-order valence-electron chi connectivity index (χ4n) is 1.24. The fourth-order valence-corrected chi connectivity index (χ4v) is 2.39. The molecule has 1 aromatic carbocycles. The topological polar surface area (TPSA) is 22.1 Å². The van der Waals surface area contributed by atoms with E-state index in [1.807, 2.05) is 6.92 Å². The molecular weight excluding hydrogens is 293 g/mol. The van der Waals surface area contributed by atoms with Crippen LogP contribution in [0.4, 0.5) is 4.39 Å². The number of halogens is 2. The van der Waals surface area contributed by atoms with Crippen molar-refractivity contribution in [1.29, 1.82) is 0 Å². The van der Waals surface area contributed by atoms with E-state index in [4.69, 9.17) is 4.74 Å². The van der Waals surface area contributed by atoms with Crippen LogP contribution in [0.3, 0.4) is 0 Å². The summed E-state index contributed by atoms with van der Waals surface area (Å²) in [6, 6.07) is 4.49. The van der Waals surface area contributed by atoms with Crippen molar-refractivity contribution in [2.75, 3.05) is 0 Å². The highest BCUT2D eigenvalue weighted by molar-refractivity contribution is 9.10. The van der Waals surface area contributed by atoms with Crippen LogP contribution < -0.4 is 4.74 Å². The molecule has 84 valence electrons. The van der Waals surface area contributed by atoms with E-state index in [0.29, 0.717) is 16.8 Å². The van der Waals surface area contributed by atoms with Gasteiger partial charge in [0.05, 0.1) is 9.88 Å². The van der Waals surface area contributed by atoms with Crippen molar-refractivity contribution in [3.05, 3.63) is 44.6 Å². The van der Waals surface area contributed by atoms with Gasteiger partial charge in [0.25, 0.3) is 0 Å². The molecule has 0 radical (unpaired) electrons. The summed E-state index contributed by atoms with van der Waals surface area (Å²) in [6.07, 6.45) is 1.77. The average molecular weight is 302 g/mol. The Hall–Kier alpha value is -0.940. The summed E-state index contributed by atoms with van der Waals surface area (Å²) in [7, 11) is 0. The van der Waals surface area contributed by atoms with E-state index in [2.05, 4.69) is 20.9 Å². The molecule has 2 aromatic rings. The predicted molar refractivity (Wildman–Crippen MR) is 65.3 cm³/mol. The van der Waals surface area contributed by atoms with E-state index in [9.17, 15) is 4.39 Å². The number of ether oxygens (including phenoxy) is 1. The van der Waals surface area contributed by atoms with E-state index in [1.54, 1.807) is 23.6 Å². The summed E-state index contributed by atoms with van der Waals surface area (Å²) in [5.41, 5.74) is 0. The van der Waals surface area contributed by atoms with Crippen LogP contribution in [-0.2, 0) is 6.61 Å². The molecule has 0 saturated carbocycles. The van der Waals surface area contributed by atoms with Crippen LogP contribution in [0.1, 0.15) is 9.88 Å². The van der Waals surface area contributed by atoms with Crippen molar-refractivity contribution in [2.24, 2.45) is 0 Å². The minimum atomic E-state index is -0.315. The van der Waals surface area contributed by atoms with Gasteiger partial charge < -0.3 is 4.74 Å². The zero-order chi connectivity index (χ0) is 11.5. The molecule has 5 heteroatoms. The van der Waals surface area contributed by atoms with Crippen LogP contribution in [0.2, 0.25) is 0 Å². The lowest BCUT2D eigenvalue weighted by atomic mass is 10.3. The van der Waals surface area contributed by atoms with E-state index in [0.717, 1.165) is 9.88 Å². The van der Waals surface area contributed by atoms with Gasteiger partial charge in [-0.1, -0.05) is 15.9 Å². The molecule has 0 aliphatic carbocycles. The molecule has 0 aliphatic rings. The molecule has 2 nitrogen and oxygen atoms in total. The minimum Gasteiger partial charge on any atom is -0.488 e. The summed E-state index contributed by atoms with van der Waals surface area (Å²) in [5, 5.41) is 0.999. The highest BCUT2D eigenvalue weighted by Crippen LogP contribution is 2.22. The first-order valence-corrected chi connectivity index (χ1v) is 6.24. The number of nitrogens with zero attached hydrogens (tertiary/aromatic N) is 1. The van der Waals surface area contributed by atoms with Gasteiger partial charge in [-0.25, -0.2) is 9.37 Å². The molecule has 0 atom stereocenters. The fraction of sp³-hybridized carbons (Fsp3) is 0.182. The second kappa shape index (κ2) is 4.93. The lowest BCUT2D eigenvalue weighted by molar-refractivity contribution is 0.307. The molecule has 0 aliphatic heterocycles. The number of benzene rings is 1. The third-order valence-electron chi connectivity index (χ3n) is 1.89. The standard InChI is InChI=1S/C11H9BrFNOS/c1-7-14-5-11(16-7)6-15-10-3-8(12)2-9(13)4-10/h2-5H,6H2,1H3. The Bertz CT molecular complexity index is 480. The molecule has 0 unspecified atom stereocenters. The first kappa shape index (κ1) is 11.5. The third-order valence-corrected chi connectivity index (χ3v) is 3.23. The Kier molecular flexibility index (Phi) is 3.56. The summed E-state index contributed by atoms with van der Waals surface area (Å²) in [6.45, 7) is 2.36. The number of thiazole rings is 1. The van der Waals surface area contributed by atoms with Crippen molar-refractivity contribution >= 4 is 27.3 Å². The number of rotatable bonds is 3. The lowest BCUT2D eigenvalue weighted by Crippen LogP contribution is -1.93. The van der Waals surface area contributed by atoms with Gasteiger partial charge in [-0.3, -0.25) is 0 Å². The molecule has 0 bridgehead atoms. The molecule has 0 spiro atoms. The van der Waals surface area contributed by atoms with Crippen LogP contribution in [0.15, 0.2) is 28.9 Å². The first-order valence-electron chi connectivity index (χ1n) is 4.64. The number of aromatic nitrogens is 1. The number of aryl methyl sites for hydroxylation is 1. The van der Waals surface area contributed by atoms with Gasteiger partial charge in [0.2, 0.25) is 0 Å². The smallest absolute Gasteiger partial charge is 0.128 e. The second-order valence-corrected chi connectivity index (χ2v) is 5.47. The zero-order valence-electron chi connectivity index (χ0n) is 8.54. The Morgan fingerprint density at radius 3 is 2.88 bits per heavy atom. The molecule has 2 rings (SSSR count). The molecule has 1 heterocycles. The molecular formula is C11H9BrFNOS. The predicted octanol–water partition coefficient (Wildman–Crippen LogP) is 3.93. The lowest BCUT2D eigenvalue weighted by Gasteiger charge is -2.04.